The molecule has 8 heteroatoms. The highest BCUT2D eigenvalue weighted by atomic mass is 79.9. The number of rotatable bonds is 4. The summed E-state index contributed by atoms with van der Waals surface area (Å²) < 4.78 is 2.76. The normalized spacial score (nSPS) is 10.3. The van der Waals surface area contributed by atoms with Crippen molar-refractivity contribution in [1.29, 1.82) is 0 Å². The minimum atomic E-state index is 0.486. The average Bonchev–Trinajstić information content (AvgIpc) is 2.80. The Morgan fingerprint density at radius 3 is 2.90 bits per heavy atom. The maximum Gasteiger partial charge on any atom is 0.170 e. The molecular formula is C12H11BrCl2N4S. The van der Waals surface area contributed by atoms with Crippen LogP contribution >= 0.6 is 51.3 Å². The van der Waals surface area contributed by atoms with E-state index in [1.165, 1.54) is 0 Å². The summed E-state index contributed by atoms with van der Waals surface area (Å²) >= 11 is 20.5. The van der Waals surface area contributed by atoms with Crippen molar-refractivity contribution >= 4 is 62.1 Å². The Labute approximate surface area is 140 Å². The van der Waals surface area contributed by atoms with Gasteiger partial charge in [-0.25, -0.2) is 0 Å². The van der Waals surface area contributed by atoms with Gasteiger partial charge in [0.15, 0.2) is 5.11 Å². The molecule has 0 amide bonds. The predicted octanol–water partition coefficient (Wildman–Crippen LogP) is 3.94. The molecule has 1 heterocycles. The number of halogens is 3. The van der Waals surface area contributed by atoms with Gasteiger partial charge in [0.2, 0.25) is 0 Å². The molecule has 20 heavy (non-hydrogen) atoms. The van der Waals surface area contributed by atoms with Gasteiger partial charge in [0.1, 0.15) is 0 Å². The monoisotopic (exact) mass is 392 g/mol. The SMILES string of the molecule is S=C(NCCn1cc(Br)cn1)Nc1cc(Cl)ccc1Cl. The highest BCUT2D eigenvalue weighted by Crippen LogP contribution is 2.25. The van der Waals surface area contributed by atoms with E-state index in [1.54, 1.807) is 24.4 Å². The molecule has 4 nitrogen and oxygen atoms in total. The molecule has 2 N–H and O–H groups in total. The topological polar surface area (TPSA) is 41.9 Å². The van der Waals surface area contributed by atoms with E-state index in [2.05, 4.69) is 31.7 Å². The van der Waals surface area contributed by atoms with E-state index in [4.69, 9.17) is 35.4 Å². The lowest BCUT2D eigenvalue weighted by atomic mass is 10.3. The Morgan fingerprint density at radius 1 is 1.40 bits per heavy atom. The van der Waals surface area contributed by atoms with E-state index in [1.807, 2.05) is 10.9 Å². The van der Waals surface area contributed by atoms with Crippen molar-refractivity contribution in [1.82, 2.24) is 15.1 Å². The first-order chi connectivity index (χ1) is 9.54. The summed E-state index contributed by atoms with van der Waals surface area (Å²) in [7, 11) is 0. The van der Waals surface area contributed by atoms with Gasteiger partial charge in [-0.2, -0.15) is 5.10 Å². The zero-order valence-electron chi connectivity index (χ0n) is 10.2. The zero-order chi connectivity index (χ0) is 14.5. The fourth-order valence-electron chi connectivity index (χ4n) is 1.50. The number of benzene rings is 1. The van der Waals surface area contributed by atoms with E-state index in [-0.39, 0.29) is 0 Å². The molecular weight excluding hydrogens is 383 g/mol. The summed E-state index contributed by atoms with van der Waals surface area (Å²) in [4.78, 5) is 0. The van der Waals surface area contributed by atoms with Crippen LogP contribution in [0.25, 0.3) is 0 Å². The fourth-order valence-corrected chi connectivity index (χ4v) is 2.38. The average molecular weight is 394 g/mol. The molecule has 1 aromatic heterocycles. The Hall–Kier alpha value is -0.820. The number of hydrogen-bond acceptors (Lipinski definition) is 2. The summed E-state index contributed by atoms with van der Waals surface area (Å²) in [6, 6.07) is 5.17. The highest BCUT2D eigenvalue weighted by Gasteiger charge is 2.03. The number of nitrogens with zero attached hydrogens (tertiary/aromatic N) is 2. The molecule has 0 aliphatic heterocycles. The minimum absolute atomic E-state index is 0.486. The number of nitrogens with one attached hydrogen (secondary N) is 2. The van der Waals surface area contributed by atoms with Crippen LogP contribution in [0.3, 0.4) is 0 Å². The molecule has 0 atom stereocenters. The van der Waals surface area contributed by atoms with Crippen molar-refractivity contribution in [3.8, 4) is 0 Å². The van der Waals surface area contributed by atoms with E-state index < -0.39 is 0 Å². The third-order valence-corrected chi connectivity index (χ3v) is 3.63. The lowest BCUT2D eigenvalue weighted by Gasteiger charge is -2.12. The van der Waals surface area contributed by atoms with Crippen LogP contribution < -0.4 is 10.6 Å². The van der Waals surface area contributed by atoms with Gasteiger partial charge in [-0.15, -0.1) is 0 Å². The first kappa shape index (κ1) is 15.6. The predicted molar refractivity (Wildman–Crippen MR) is 90.6 cm³/mol. The van der Waals surface area contributed by atoms with Crippen LogP contribution in [-0.4, -0.2) is 21.4 Å². The minimum Gasteiger partial charge on any atom is -0.361 e. The van der Waals surface area contributed by atoms with Crippen LogP contribution in [0.4, 0.5) is 5.69 Å². The molecule has 106 valence electrons. The van der Waals surface area contributed by atoms with Crippen molar-refractivity contribution in [2.75, 3.05) is 11.9 Å². The quantitative estimate of drug-likeness (QED) is 0.772. The van der Waals surface area contributed by atoms with Gasteiger partial charge < -0.3 is 10.6 Å². The molecule has 0 aliphatic rings. The number of anilines is 1. The van der Waals surface area contributed by atoms with Gasteiger partial charge >= 0.3 is 0 Å². The van der Waals surface area contributed by atoms with Crippen molar-refractivity contribution in [3.63, 3.8) is 0 Å². The van der Waals surface area contributed by atoms with Gasteiger partial charge in [0.25, 0.3) is 0 Å². The van der Waals surface area contributed by atoms with Crippen molar-refractivity contribution < 1.29 is 0 Å². The van der Waals surface area contributed by atoms with Crippen LogP contribution in [0, 0.1) is 0 Å². The van der Waals surface area contributed by atoms with Crippen LogP contribution in [0.15, 0.2) is 35.1 Å². The van der Waals surface area contributed by atoms with Gasteiger partial charge in [-0.1, -0.05) is 23.2 Å². The first-order valence-electron chi connectivity index (χ1n) is 5.72. The Balaban J connectivity index is 1.82. The number of thiocarbonyl (C=S) groups is 1. The third-order valence-electron chi connectivity index (χ3n) is 2.40. The molecule has 0 spiro atoms. The van der Waals surface area contributed by atoms with Gasteiger partial charge in [0, 0.05) is 17.8 Å². The number of hydrogen-bond donors (Lipinski definition) is 2. The van der Waals surface area contributed by atoms with E-state index in [9.17, 15) is 0 Å². The molecule has 0 aliphatic carbocycles. The second-order valence-corrected chi connectivity index (χ2v) is 6.09. The molecule has 0 unspecified atom stereocenters. The van der Waals surface area contributed by atoms with Crippen LogP contribution in [-0.2, 0) is 6.54 Å². The maximum atomic E-state index is 6.05. The Kier molecular flexibility index (Phi) is 5.65. The van der Waals surface area contributed by atoms with Crippen molar-refractivity contribution in [3.05, 3.63) is 45.1 Å². The van der Waals surface area contributed by atoms with E-state index in [0.717, 1.165) is 4.47 Å². The molecule has 0 bridgehead atoms. The number of aromatic nitrogens is 2. The van der Waals surface area contributed by atoms with Crippen LogP contribution in [0.1, 0.15) is 0 Å². The highest BCUT2D eigenvalue weighted by molar-refractivity contribution is 9.10. The van der Waals surface area contributed by atoms with Crippen molar-refractivity contribution in [2.45, 2.75) is 6.54 Å². The second kappa shape index (κ2) is 7.26. The van der Waals surface area contributed by atoms with E-state index in [0.29, 0.717) is 33.9 Å². The summed E-state index contributed by atoms with van der Waals surface area (Å²) in [5.41, 5.74) is 0.679. The molecule has 1 aromatic carbocycles. The van der Waals surface area contributed by atoms with Crippen molar-refractivity contribution in [2.24, 2.45) is 0 Å². The summed E-state index contributed by atoms with van der Waals surface area (Å²) in [5, 5.41) is 11.9. The molecule has 0 saturated heterocycles. The standard InChI is InChI=1S/C12H11BrCl2N4S/c13-8-6-17-19(7-8)4-3-16-12(20)18-11-5-9(14)1-2-10(11)15/h1-2,5-7H,3-4H2,(H2,16,18,20). The second-order valence-electron chi connectivity index (χ2n) is 3.93. The summed E-state index contributed by atoms with van der Waals surface area (Å²) in [6.07, 6.45) is 3.63. The van der Waals surface area contributed by atoms with Gasteiger partial charge in [0.05, 0.1) is 27.9 Å². The molecule has 0 saturated carbocycles. The smallest absolute Gasteiger partial charge is 0.170 e. The first-order valence-corrected chi connectivity index (χ1v) is 7.68. The Morgan fingerprint density at radius 2 is 2.20 bits per heavy atom. The fraction of sp³-hybridized carbons (Fsp3) is 0.167. The summed E-state index contributed by atoms with van der Waals surface area (Å²) in [5.74, 6) is 0. The molecule has 2 rings (SSSR count). The Bertz CT molecular complexity index is 617. The zero-order valence-corrected chi connectivity index (χ0v) is 14.2. The lowest BCUT2D eigenvalue weighted by molar-refractivity contribution is 0.604. The molecule has 0 radical (unpaired) electrons. The maximum absolute atomic E-state index is 6.05. The molecule has 2 aromatic rings. The third kappa shape index (κ3) is 4.63. The van der Waals surface area contributed by atoms with E-state index >= 15 is 0 Å². The lowest BCUT2D eigenvalue weighted by Crippen LogP contribution is -2.31. The van der Waals surface area contributed by atoms with Crippen LogP contribution in [0.2, 0.25) is 10.0 Å². The summed E-state index contributed by atoms with van der Waals surface area (Å²) in [6.45, 7) is 1.36. The molecule has 0 fully saturated rings. The van der Waals surface area contributed by atoms with Gasteiger partial charge in [-0.05, 0) is 46.3 Å². The van der Waals surface area contributed by atoms with Gasteiger partial charge in [-0.3, -0.25) is 4.68 Å². The van der Waals surface area contributed by atoms with Crippen LogP contribution in [0.5, 0.6) is 0 Å². The largest absolute Gasteiger partial charge is 0.361 e.